The SMILES string of the molecule is O=C(NCc1ccc([C@@H](O)c2ccccc2)s1)c1ccccc1F. The van der Waals surface area contributed by atoms with Crippen molar-refractivity contribution in [1.82, 2.24) is 5.32 Å². The molecule has 0 bridgehead atoms. The van der Waals surface area contributed by atoms with E-state index in [4.69, 9.17) is 0 Å². The molecule has 122 valence electrons. The maximum absolute atomic E-state index is 13.6. The fraction of sp³-hybridized carbons (Fsp3) is 0.105. The van der Waals surface area contributed by atoms with Crippen molar-refractivity contribution in [3.8, 4) is 0 Å². The van der Waals surface area contributed by atoms with E-state index in [1.54, 1.807) is 12.1 Å². The van der Waals surface area contributed by atoms with Gasteiger partial charge in [0.2, 0.25) is 0 Å². The quantitative estimate of drug-likeness (QED) is 0.739. The van der Waals surface area contributed by atoms with Crippen LogP contribution in [0.15, 0.2) is 66.7 Å². The number of rotatable bonds is 5. The molecule has 3 nitrogen and oxygen atoms in total. The number of carbonyl (C=O) groups is 1. The predicted molar refractivity (Wildman–Crippen MR) is 92.4 cm³/mol. The number of halogens is 1. The van der Waals surface area contributed by atoms with Crippen LogP contribution in [0.5, 0.6) is 0 Å². The molecule has 0 unspecified atom stereocenters. The number of aliphatic hydroxyl groups excluding tert-OH is 1. The summed E-state index contributed by atoms with van der Waals surface area (Å²) in [4.78, 5) is 13.7. The molecule has 0 spiro atoms. The van der Waals surface area contributed by atoms with E-state index >= 15 is 0 Å². The van der Waals surface area contributed by atoms with Gasteiger partial charge in [-0.05, 0) is 29.8 Å². The Morgan fingerprint density at radius 1 is 1.04 bits per heavy atom. The van der Waals surface area contributed by atoms with Gasteiger partial charge in [-0.25, -0.2) is 4.39 Å². The highest BCUT2D eigenvalue weighted by Crippen LogP contribution is 2.28. The van der Waals surface area contributed by atoms with Gasteiger partial charge in [-0.3, -0.25) is 4.79 Å². The van der Waals surface area contributed by atoms with Crippen molar-refractivity contribution in [3.05, 3.63) is 93.4 Å². The highest BCUT2D eigenvalue weighted by atomic mass is 32.1. The van der Waals surface area contributed by atoms with Gasteiger partial charge in [0, 0.05) is 9.75 Å². The van der Waals surface area contributed by atoms with E-state index < -0.39 is 17.8 Å². The molecule has 2 N–H and O–H groups in total. The second-order valence-electron chi connectivity index (χ2n) is 5.28. The van der Waals surface area contributed by atoms with Crippen LogP contribution in [0.4, 0.5) is 4.39 Å². The molecule has 1 heterocycles. The van der Waals surface area contributed by atoms with E-state index in [0.717, 1.165) is 15.3 Å². The van der Waals surface area contributed by atoms with Crippen molar-refractivity contribution < 1.29 is 14.3 Å². The molecule has 0 aliphatic rings. The summed E-state index contributed by atoms with van der Waals surface area (Å²) in [5.74, 6) is -0.993. The summed E-state index contributed by atoms with van der Waals surface area (Å²) >= 11 is 1.42. The van der Waals surface area contributed by atoms with E-state index in [1.807, 2.05) is 42.5 Å². The molecule has 3 aromatic rings. The molecule has 0 fully saturated rings. The minimum absolute atomic E-state index is 0.0265. The van der Waals surface area contributed by atoms with Crippen LogP contribution in [-0.4, -0.2) is 11.0 Å². The molecule has 3 rings (SSSR count). The Balaban J connectivity index is 1.64. The van der Waals surface area contributed by atoms with Gasteiger partial charge in [0.25, 0.3) is 5.91 Å². The summed E-state index contributed by atoms with van der Waals surface area (Å²) in [5, 5.41) is 13.1. The molecule has 0 radical (unpaired) electrons. The zero-order valence-electron chi connectivity index (χ0n) is 12.8. The Kier molecular flexibility index (Phi) is 5.03. The standard InChI is InChI=1S/C19H16FNO2S/c20-16-9-5-4-8-15(16)19(23)21-12-14-10-11-17(24-14)18(22)13-6-2-1-3-7-13/h1-11,18,22H,12H2,(H,21,23)/t18-/m0/s1. The Morgan fingerprint density at radius 3 is 2.50 bits per heavy atom. The number of carbonyl (C=O) groups excluding carboxylic acids is 1. The molecule has 2 aromatic carbocycles. The van der Waals surface area contributed by atoms with Gasteiger partial charge >= 0.3 is 0 Å². The van der Waals surface area contributed by atoms with Crippen molar-refractivity contribution in [2.24, 2.45) is 0 Å². The lowest BCUT2D eigenvalue weighted by atomic mass is 10.1. The van der Waals surface area contributed by atoms with E-state index in [2.05, 4.69) is 5.32 Å². The molecule has 24 heavy (non-hydrogen) atoms. The van der Waals surface area contributed by atoms with Gasteiger partial charge in [-0.2, -0.15) is 0 Å². The molecule has 0 saturated heterocycles. The smallest absolute Gasteiger partial charge is 0.254 e. The third-order valence-corrected chi connectivity index (χ3v) is 4.75. The highest BCUT2D eigenvalue weighted by molar-refractivity contribution is 7.12. The average Bonchev–Trinajstić information content (AvgIpc) is 3.09. The van der Waals surface area contributed by atoms with Crippen LogP contribution in [-0.2, 0) is 6.54 Å². The van der Waals surface area contributed by atoms with Crippen molar-refractivity contribution in [2.45, 2.75) is 12.6 Å². The van der Waals surface area contributed by atoms with Gasteiger partial charge in [-0.15, -0.1) is 11.3 Å². The summed E-state index contributed by atoms with van der Waals surface area (Å²) < 4.78 is 13.6. The van der Waals surface area contributed by atoms with Crippen LogP contribution < -0.4 is 5.32 Å². The average molecular weight is 341 g/mol. The molecule has 0 saturated carbocycles. The second kappa shape index (κ2) is 7.38. The number of nitrogens with one attached hydrogen (secondary N) is 1. The van der Waals surface area contributed by atoms with E-state index in [9.17, 15) is 14.3 Å². The minimum Gasteiger partial charge on any atom is -0.383 e. The maximum atomic E-state index is 13.6. The van der Waals surface area contributed by atoms with Crippen molar-refractivity contribution >= 4 is 17.2 Å². The Morgan fingerprint density at radius 2 is 1.75 bits per heavy atom. The summed E-state index contributed by atoms with van der Waals surface area (Å²) in [5.41, 5.74) is 0.847. The number of aliphatic hydroxyl groups is 1. The van der Waals surface area contributed by atoms with E-state index in [0.29, 0.717) is 6.54 Å². The van der Waals surface area contributed by atoms with Gasteiger partial charge in [-0.1, -0.05) is 42.5 Å². The van der Waals surface area contributed by atoms with Gasteiger partial charge < -0.3 is 10.4 Å². The fourth-order valence-electron chi connectivity index (χ4n) is 2.34. The molecule has 0 aliphatic heterocycles. The maximum Gasteiger partial charge on any atom is 0.254 e. The number of hydrogen-bond acceptors (Lipinski definition) is 3. The molecule has 5 heteroatoms. The lowest BCUT2D eigenvalue weighted by molar-refractivity contribution is 0.0947. The topological polar surface area (TPSA) is 49.3 Å². The fourth-order valence-corrected chi connectivity index (χ4v) is 3.31. The van der Waals surface area contributed by atoms with Gasteiger partial charge in [0.15, 0.2) is 0 Å². The third kappa shape index (κ3) is 3.69. The number of hydrogen-bond donors (Lipinski definition) is 2. The Bertz CT molecular complexity index is 832. The lowest BCUT2D eigenvalue weighted by Gasteiger charge is -2.08. The number of amides is 1. The normalized spacial score (nSPS) is 11.9. The minimum atomic E-state index is -0.688. The summed E-state index contributed by atoms with van der Waals surface area (Å²) in [6, 6.07) is 18.9. The summed E-state index contributed by atoms with van der Waals surface area (Å²) in [6.07, 6.45) is -0.688. The first-order valence-electron chi connectivity index (χ1n) is 7.49. The first kappa shape index (κ1) is 16.4. The molecular weight excluding hydrogens is 325 g/mol. The summed E-state index contributed by atoms with van der Waals surface area (Å²) in [7, 11) is 0. The number of thiophene rings is 1. The van der Waals surface area contributed by atoms with Crippen molar-refractivity contribution in [3.63, 3.8) is 0 Å². The lowest BCUT2D eigenvalue weighted by Crippen LogP contribution is -2.23. The van der Waals surface area contributed by atoms with Crippen LogP contribution >= 0.6 is 11.3 Å². The largest absolute Gasteiger partial charge is 0.383 e. The van der Waals surface area contributed by atoms with Crippen molar-refractivity contribution in [2.75, 3.05) is 0 Å². The van der Waals surface area contributed by atoms with Crippen LogP contribution in [0.25, 0.3) is 0 Å². The van der Waals surface area contributed by atoms with E-state index in [1.165, 1.54) is 23.5 Å². The molecular formula is C19H16FNO2S. The van der Waals surface area contributed by atoms with Crippen LogP contribution in [0.3, 0.4) is 0 Å². The van der Waals surface area contributed by atoms with Crippen LogP contribution in [0, 0.1) is 5.82 Å². The van der Waals surface area contributed by atoms with Crippen molar-refractivity contribution in [1.29, 1.82) is 0 Å². The monoisotopic (exact) mass is 341 g/mol. The second-order valence-corrected chi connectivity index (χ2v) is 6.48. The highest BCUT2D eigenvalue weighted by Gasteiger charge is 2.14. The molecule has 0 aliphatic carbocycles. The molecule has 1 aromatic heterocycles. The van der Waals surface area contributed by atoms with Gasteiger partial charge in [0.05, 0.1) is 12.1 Å². The molecule has 1 atom stereocenters. The number of benzene rings is 2. The van der Waals surface area contributed by atoms with Crippen LogP contribution in [0.2, 0.25) is 0 Å². The first-order valence-corrected chi connectivity index (χ1v) is 8.31. The third-order valence-electron chi connectivity index (χ3n) is 3.61. The molecule has 1 amide bonds. The Hall–Kier alpha value is -2.50. The summed E-state index contributed by atoms with van der Waals surface area (Å²) in [6.45, 7) is 0.291. The zero-order valence-corrected chi connectivity index (χ0v) is 13.6. The van der Waals surface area contributed by atoms with Crippen LogP contribution in [0.1, 0.15) is 31.8 Å². The van der Waals surface area contributed by atoms with E-state index in [-0.39, 0.29) is 5.56 Å². The Labute approximate surface area is 143 Å². The van der Waals surface area contributed by atoms with Gasteiger partial charge in [0.1, 0.15) is 11.9 Å². The predicted octanol–water partition coefficient (Wildman–Crippen LogP) is 3.90. The first-order chi connectivity index (χ1) is 11.6. The zero-order chi connectivity index (χ0) is 16.9.